The zero-order chi connectivity index (χ0) is 45.6. The number of rotatable bonds is 46. The molecule has 0 saturated heterocycles. The van der Waals surface area contributed by atoms with Crippen LogP contribution in [0.15, 0.2) is 48.6 Å². The Morgan fingerprint density at radius 3 is 1.39 bits per heavy atom. The van der Waals surface area contributed by atoms with Crippen LogP contribution in [0.4, 0.5) is 0 Å². The first-order chi connectivity index (χ1) is 30.1. The second-order valence-electron chi connectivity index (χ2n) is 16.6. The van der Waals surface area contributed by atoms with Gasteiger partial charge in [-0.15, -0.1) is 0 Å². The molecule has 12 heteroatoms. The Hall–Kier alpha value is -2.56. The minimum Gasteiger partial charge on any atom is -0.480 e. The van der Waals surface area contributed by atoms with Crippen molar-refractivity contribution in [1.82, 2.24) is 0 Å². The number of ether oxygens (including phenoxy) is 2. The van der Waals surface area contributed by atoms with Crippen LogP contribution in [-0.2, 0) is 37.5 Å². The SMILES string of the molecule is CCCCCC/C=C/C=C/CCCCCCCC(=O)OC[C@@H](COP(=O)(O)OC[C@H](N)C(=O)O)OC(=O)CCC/C=C/CC/C=C/CCCCCCCCCCCCCCCC. The summed E-state index contributed by atoms with van der Waals surface area (Å²) in [6.07, 6.45) is 51.9. The van der Waals surface area contributed by atoms with E-state index in [1.54, 1.807) is 0 Å². The van der Waals surface area contributed by atoms with E-state index in [4.69, 9.17) is 24.8 Å². The van der Waals surface area contributed by atoms with Gasteiger partial charge in [-0.2, -0.15) is 0 Å². The Labute approximate surface area is 377 Å². The molecule has 0 amide bonds. The van der Waals surface area contributed by atoms with Gasteiger partial charge in [0.1, 0.15) is 12.6 Å². The van der Waals surface area contributed by atoms with Crippen LogP contribution in [0.3, 0.4) is 0 Å². The lowest BCUT2D eigenvalue weighted by atomic mass is 10.0. The van der Waals surface area contributed by atoms with Crippen LogP contribution >= 0.6 is 7.82 Å². The Bertz CT molecular complexity index is 1240. The molecule has 0 aliphatic rings. The van der Waals surface area contributed by atoms with Gasteiger partial charge in [0.25, 0.3) is 0 Å². The lowest BCUT2D eigenvalue weighted by Crippen LogP contribution is -2.34. The van der Waals surface area contributed by atoms with Crippen LogP contribution in [0.5, 0.6) is 0 Å². The molecule has 4 N–H and O–H groups in total. The first kappa shape index (κ1) is 59.4. The standard InChI is InChI=1S/C50H90NO10P/c1-3-5-7-9-11-13-15-17-19-20-21-22-23-24-25-26-28-30-32-34-36-38-40-42-49(53)61-46(44-59-62(56,57)60-45-47(51)50(54)55)43-58-48(52)41-39-37-35-33-31-29-27-18-16-14-12-10-8-6-4-2/h14,16,18,26-28,34,36,46-47H,3-13,15,17,19-25,29-33,35,37-45,51H2,1-2H3,(H,54,55)(H,56,57)/b16-14+,27-18+,28-26+,36-34+/t46-,47-/m0/s1. The molecule has 0 saturated carbocycles. The molecule has 0 aromatic heterocycles. The third kappa shape index (κ3) is 44.1. The van der Waals surface area contributed by atoms with Crippen molar-refractivity contribution >= 4 is 25.7 Å². The summed E-state index contributed by atoms with van der Waals surface area (Å²) in [5.41, 5.74) is 5.34. The molecule has 3 atom stereocenters. The molecular formula is C50H90NO10P. The van der Waals surface area contributed by atoms with Gasteiger partial charge < -0.3 is 25.2 Å². The van der Waals surface area contributed by atoms with Crippen molar-refractivity contribution in [2.24, 2.45) is 5.73 Å². The number of allylic oxidation sites excluding steroid dienone is 8. The normalized spacial score (nSPS) is 14.0. The summed E-state index contributed by atoms with van der Waals surface area (Å²) < 4.78 is 32.7. The summed E-state index contributed by atoms with van der Waals surface area (Å²) in [7, 11) is -4.73. The number of hydrogen-bond acceptors (Lipinski definition) is 9. The molecule has 360 valence electrons. The number of aliphatic carboxylic acids is 1. The van der Waals surface area contributed by atoms with Gasteiger partial charge in [-0.05, 0) is 70.6 Å². The van der Waals surface area contributed by atoms with Crippen molar-refractivity contribution in [2.45, 2.75) is 231 Å². The van der Waals surface area contributed by atoms with Crippen molar-refractivity contribution in [1.29, 1.82) is 0 Å². The highest BCUT2D eigenvalue weighted by atomic mass is 31.2. The van der Waals surface area contributed by atoms with Crippen molar-refractivity contribution in [3.05, 3.63) is 48.6 Å². The third-order valence-electron chi connectivity index (χ3n) is 10.6. The summed E-state index contributed by atoms with van der Waals surface area (Å²) in [5, 5.41) is 8.91. The minimum absolute atomic E-state index is 0.0975. The summed E-state index contributed by atoms with van der Waals surface area (Å²) in [6, 6.07) is -1.53. The fourth-order valence-electron chi connectivity index (χ4n) is 6.66. The summed E-state index contributed by atoms with van der Waals surface area (Å²) >= 11 is 0. The number of carbonyl (C=O) groups is 3. The summed E-state index contributed by atoms with van der Waals surface area (Å²) in [4.78, 5) is 46.1. The molecule has 0 aliphatic heterocycles. The molecule has 0 spiro atoms. The second kappa shape index (κ2) is 45.0. The highest BCUT2D eigenvalue weighted by Crippen LogP contribution is 2.43. The number of hydrogen-bond donors (Lipinski definition) is 3. The zero-order valence-corrected chi connectivity index (χ0v) is 40.1. The van der Waals surface area contributed by atoms with Crippen molar-refractivity contribution in [3.8, 4) is 0 Å². The largest absolute Gasteiger partial charge is 0.480 e. The van der Waals surface area contributed by atoms with E-state index in [0.29, 0.717) is 19.3 Å². The van der Waals surface area contributed by atoms with Crippen LogP contribution in [0.1, 0.15) is 219 Å². The minimum atomic E-state index is -4.73. The van der Waals surface area contributed by atoms with E-state index in [-0.39, 0.29) is 19.4 Å². The molecule has 0 aromatic rings. The van der Waals surface area contributed by atoms with E-state index in [0.717, 1.165) is 57.8 Å². The molecule has 1 unspecified atom stereocenters. The molecule has 11 nitrogen and oxygen atoms in total. The number of carboxylic acids is 1. The Morgan fingerprint density at radius 2 is 0.887 bits per heavy atom. The smallest absolute Gasteiger partial charge is 0.472 e. The van der Waals surface area contributed by atoms with Gasteiger partial charge in [-0.1, -0.05) is 184 Å². The van der Waals surface area contributed by atoms with E-state index in [9.17, 15) is 23.8 Å². The number of carboxylic acid groups (broad SMARTS) is 1. The molecule has 0 fully saturated rings. The molecule has 0 rings (SSSR count). The maximum Gasteiger partial charge on any atom is 0.472 e. The van der Waals surface area contributed by atoms with Gasteiger partial charge in [0.15, 0.2) is 6.10 Å². The van der Waals surface area contributed by atoms with Crippen LogP contribution in [-0.4, -0.2) is 59.9 Å². The monoisotopic (exact) mass is 896 g/mol. The van der Waals surface area contributed by atoms with Gasteiger partial charge in [0.2, 0.25) is 0 Å². The van der Waals surface area contributed by atoms with Gasteiger partial charge in [-0.25, -0.2) is 4.57 Å². The van der Waals surface area contributed by atoms with E-state index in [1.807, 2.05) is 6.08 Å². The molecule has 0 aliphatic carbocycles. The third-order valence-corrected chi connectivity index (χ3v) is 11.5. The predicted octanol–water partition coefficient (Wildman–Crippen LogP) is 13.7. The number of unbranched alkanes of at least 4 members (excludes halogenated alkanes) is 25. The predicted molar refractivity (Wildman–Crippen MR) is 254 cm³/mol. The van der Waals surface area contributed by atoms with E-state index in [2.05, 4.69) is 60.9 Å². The first-order valence-electron chi connectivity index (χ1n) is 24.7. The Kier molecular flexibility index (Phi) is 43.2. The maximum atomic E-state index is 12.7. The topological polar surface area (TPSA) is 172 Å². The highest BCUT2D eigenvalue weighted by Gasteiger charge is 2.28. The summed E-state index contributed by atoms with van der Waals surface area (Å²) in [5.74, 6) is -2.45. The van der Waals surface area contributed by atoms with E-state index < -0.39 is 51.1 Å². The first-order valence-corrected chi connectivity index (χ1v) is 26.2. The van der Waals surface area contributed by atoms with Gasteiger partial charge >= 0.3 is 25.7 Å². The number of phosphoric ester groups is 1. The fraction of sp³-hybridized carbons (Fsp3) is 0.780. The second-order valence-corrected chi connectivity index (χ2v) is 18.1. The number of esters is 2. The number of carbonyl (C=O) groups excluding carboxylic acids is 2. The van der Waals surface area contributed by atoms with E-state index in [1.165, 1.54) is 116 Å². The fourth-order valence-corrected chi connectivity index (χ4v) is 7.44. The maximum absolute atomic E-state index is 12.7. The zero-order valence-electron chi connectivity index (χ0n) is 39.2. The molecule has 0 bridgehead atoms. The van der Waals surface area contributed by atoms with Crippen LogP contribution in [0, 0.1) is 0 Å². The average molecular weight is 896 g/mol. The van der Waals surface area contributed by atoms with Crippen LogP contribution in [0.25, 0.3) is 0 Å². The molecular weight excluding hydrogens is 806 g/mol. The van der Waals surface area contributed by atoms with Gasteiger partial charge in [-0.3, -0.25) is 23.4 Å². The summed E-state index contributed by atoms with van der Waals surface area (Å²) in [6.45, 7) is 2.75. The van der Waals surface area contributed by atoms with Crippen molar-refractivity contribution in [2.75, 3.05) is 19.8 Å². The van der Waals surface area contributed by atoms with Crippen LogP contribution < -0.4 is 5.73 Å². The van der Waals surface area contributed by atoms with Gasteiger partial charge in [0.05, 0.1) is 13.2 Å². The van der Waals surface area contributed by atoms with Crippen LogP contribution in [0.2, 0.25) is 0 Å². The number of nitrogens with two attached hydrogens (primary N) is 1. The van der Waals surface area contributed by atoms with Crippen molar-refractivity contribution in [3.63, 3.8) is 0 Å². The Balaban J connectivity index is 4.33. The highest BCUT2D eigenvalue weighted by molar-refractivity contribution is 7.47. The lowest BCUT2D eigenvalue weighted by molar-refractivity contribution is -0.161. The van der Waals surface area contributed by atoms with Crippen molar-refractivity contribution < 1.29 is 47.5 Å². The Morgan fingerprint density at radius 1 is 0.500 bits per heavy atom. The molecule has 0 aromatic carbocycles. The quantitative estimate of drug-likeness (QED) is 0.0175. The average Bonchev–Trinajstić information content (AvgIpc) is 3.25. The number of phosphoric acid groups is 1. The van der Waals surface area contributed by atoms with Gasteiger partial charge in [0, 0.05) is 12.8 Å². The lowest BCUT2D eigenvalue weighted by Gasteiger charge is -2.20. The molecule has 0 heterocycles. The molecule has 62 heavy (non-hydrogen) atoms. The molecule has 0 radical (unpaired) electrons. The van der Waals surface area contributed by atoms with E-state index >= 15 is 0 Å².